The van der Waals surface area contributed by atoms with Gasteiger partial charge in [-0.1, -0.05) is 34.9 Å². The zero-order valence-electron chi connectivity index (χ0n) is 12.8. The SMILES string of the molecule is CCCNC(C)C(CC)c1nc(-c2ccc(Br)cc2)no1. The Labute approximate surface area is 134 Å². The number of rotatable bonds is 7. The number of hydrogen-bond acceptors (Lipinski definition) is 4. The fourth-order valence-electron chi connectivity index (χ4n) is 2.36. The third kappa shape index (κ3) is 4.14. The number of aromatic nitrogens is 2. The highest BCUT2D eigenvalue weighted by Crippen LogP contribution is 2.25. The normalized spacial score (nSPS) is 14.1. The molecule has 0 aliphatic carbocycles. The second-order valence-electron chi connectivity index (χ2n) is 5.22. The zero-order chi connectivity index (χ0) is 15.2. The van der Waals surface area contributed by atoms with Crippen molar-refractivity contribution in [2.75, 3.05) is 6.54 Å². The second-order valence-corrected chi connectivity index (χ2v) is 6.14. The molecule has 5 heteroatoms. The average Bonchev–Trinajstić information content (AvgIpc) is 2.96. The van der Waals surface area contributed by atoms with Gasteiger partial charge in [-0.3, -0.25) is 0 Å². The van der Waals surface area contributed by atoms with Gasteiger partial charge in [0.2, 0.25) is 11.7 Å². The summed E-state index contributed by atoms with van der Waals surface area (Å²) >= 11 is 3.43. The van der Waals surface area contributed by atoms with Gasteiger partial charge in [0.15, 0.2) is 0 Å². The molecule has 114 valence electrons. The lowest BCUT2D eigenvalue weighted by molar-refractivity contribution is 0.316. The fraction of sp³-hybridized carbons (Fsp3) is 0.500. The first-order chi connectivity index (χ1) is 10.2. The minimum atomic E-state index is 0.244. The Kier molecular flexibility index (Phi) is 5.94. The van der Waals surface area contributed by atoms with Crippen LogP contribution >= 0.6 is 15.9 Å². The van der Waals surface area contributed by atoms with E-state index in [2.05, 4.69) is 52.2 Å². The molecule has 0 aliphatic heterocycles. The molecule has 2 rings (SSSR count). The van der Waals surface area contributed by atoms with E-state index in [9.17, 15) is 0 Å². The zero-order valence-corrected chi connectivity index (χ0v) is 14.4. The van der Waals surface area contributed by atoms with Crippen LogP contribution in [-0.4, -0.2) is 22.7 Å². The summed E-state index contributed by atoms with van der Waals surface area (Å²) in [4.78, 5) is 4.58. The van der Waals surface area contributed by atoms with Crippen molar-refractivity contribution in [3.63, 3.8) is 0 Å². The lowest BCUT2D eigenvalue weighted by Crippen LogP contribution is -2.32. The number of benzene rings is 1. The summed E-state index contributed by atoms with van der Waals surface area (Å²) in [5.74, 6) is 1.61. The van der Waals surface area contributed by atoms with Crippen LogP contribution in [0.1, 0.15) is 45.4 Å². The Balaban J connectivity index is 2.15. The van der Waals surface area contributed by atoms with E-state index >= 15 is 0 Å². The van der Waals surface area contributed by atoms with Crippen LogP contribution in [0.2, 0.25) is 0 Å². The summed E-state index contributed by atoms with van der Waals surface area (Å²) in [7, 11) is 0. The van der Waals surface area contributed by atoms with Crippen molar-refractivity contribution in [2.45, 2.75) is 45.6 Å². The van der Waals surface area contributed by atoms with Crippen LogP contribution in [0.4, 0.5) is 0 Å². The molecule has 2 unspecified atom stereocenters. The second kappa shape index (κ2) is 7.71. The molecule has 1 aromatic heterocycles. The first-order valence-electron chi connectivity index (χ1n) is 7.48. The van der Waals surface area contributed by atoms with Gasteiger partial charge in [-0.05, 0) is 50.6 Å². The Bertz CT molecular complexity index is 553. The molecule has 2 aromatic rings. The summed E-state index contributed by atoms with van der Waals surface area (Å²) < 4.78 is 6.53. The van der Waals surface area contributed by atoms with Gasteiger partial charge in [-0.25, -0.2) is 0 Å². The molecule has 1 heterocycles. The summed E-state index contributed by atoms with van der Waals surface area (Å²) in [5.41, 5.74) is 0.970. The van der Waals surface area contributed by atoms with E-state index in [-0.39, 0.29) is 5.92 Å². The summed E-state index contributed by atoms with van der Waals surface area (Å²) in [6.45, 7) is 7.50. The van der Waals surface area contributed by atoms with Gasteiger partial charge in [0.1, 0.15) is 0 Å². The molecule has 0 saturated heterocycles. The van der Waals surface area contributed by atoms with Gasteiger partial charge in [-0.2, -0.15) is 4.98 Å². The van der Waals surface area contributed by atoms with E-state index in [1.54, 1.807) is 0 Å². The van der Waals surface area contributed by atoms with Gasteiger partial charge < -0.3 is 9.84 Å². The molecule has 0 amide bonds. The van der Waals surface area contributed by atoms with E-state index in [4.69, 9.17) is 4.52 Å². The maximum absolute atomic E-state index is 5.49. The third-order valence-electron chi connectivity index (χ3n) is 3.62. The van der Waals surface area contributed by atoms with Crippen molar-refractivity contribution in [1.82, 2.24) is 15.5 Å². The maximum Gasteiger partial charge on any atom is 0.231 e. The number of halogens is 1. The molecule has 0 spiro atoms. The quantitative estimate of drug-likeness (QED) is 0.803. The van der Waals surface area contributed by atoms with E-state index in [0.717, 1.165) is 29.4 Å². The Morgan fingerprint density at radius 3 is 2.57 bits per heavy atom. The first-order valence-corrected chi connectivity index (χ1v) is 8.27. The molecule has 1 aromatic carbocycles. The minimum Gasteiger partial charge on any atom is -0.339 e. The number of nitrogens with zero attached hydrogens (tertiary/aromatic N) is 2. The molecular formula is C16H22BrN3O. The molecule has 0 saturated carbocycles. The molecule has 4 nitrogen and oxygen atoms in total. The van der Waals surface area contributed by atoms with Crippen molar-refractivity contribution < 1.29 is 4.52 Å². The van der Waals surface area contributed by atoms with Crippen LogP contribution in [0.3, 0.4) is 0 Å². The first kappa shape index (κ1) is 16.2. The van der Waals surface area contributed by atoms with E-state index in [0.29, 0.717) is 17.8 Å². The smallest absolute Gasteiger partial charge is 0.231 e. The van der Waals surface area contributed by atoms with Crippen LogP contribution in [-0.2, 0) is 0 Å². The molecule has 0 fully saturated rings. The van der Waals surface area contributed by atoms with Crippen molar-refractivity contribution >= 4 is 15.9 Å². The molecule has 1 N–H and O–H groups in total. The predicted octanol–water partition coefficient (Wildman–Crippen LogP) is 4.38. The van der Waals surface area contributed by atoms with Crippen LogP contribution in [0.5, 0.6) is 0 Å². The van der Waals surface area contributed by atoms with Crippen molar-refractivity contribution in [2.24, 2.45) is 0 Å². The maximum atomic E-state index is 5.49. The standard InChI is InChI=1S/C16H22BrN3O/c1-4-10-18-11(3)14(5-2)16-19-15(20-21-16)12-6-8-13(17)9-7-12/h6-9,11,14,18H,4-5,10H2,1-3H3. The molecule has 0 aliphatic rings. The van der Waals surface area contributed by atoms with Crippen molar-refractivity contribution in [3.8, 4) is 11.4 Å². The largest absolute Gasteiger partial charge is 0.339 e. The lowest BCUT2D eigenvalue weighted by Gasteiger charge is -2.20. The van der Waals surface area contributed by atoms with Crippen LogP contribution < -0.4 is 5.32 Å². The Hall–Kier alpha value is -1.20. The topological polar surface area (TPSA) is 51.0 Å². The highest BCUT2D eigenvalue weighted by atomic mass is 79.9. The minimum absolute atomic E-state index is 0.244. The summed E-state index contributed by atoms with van der Waals surface area (Å²) in [6, 6.07) is 8.26. The van der Waals surface area contributed by atoms with Gasteiger partial charge in [0.25, 0.3) is 0 Å². The highest BCUT2D eigenvalue weighted by Gasteiger charge is 2.23. The van der Waals surface area contributed by atoms with Crippen LogP contribution in [0.15, 0.2) is 33.3 Å². The Morgan fingerprint density at radius 2 is 1.95 bits per heavy atom. The van der Waals surface area contributed by atoms with E-state index < -0.39 is 0 Å². The fourth-order valence-corrected chi connectivity index (χ4v) is 2.62. The van der Waals surface area contributed by atoms with Crippen molar-refractivity contribution in [3.05, 3.63) is 34.6 Å². The molecule has 2 atom stereocenters. The molecule has 0 radical (unpaired) electrons. The predicted molar refractivity (Wildman–Crippen MR) is 88.2 cm³/mol. The summed E-state index contributed by atoms with van der Waals surface area (Å²) in [6.07, 6.45) is 2.09. The van der Waals surface area contributed by atoms with E-state index in [1.807, 2.05) is 24.3 Å². The van der Waals surface area contributed by atoms with Gasteiger partial charge in [0, 0.05) is 16.1 Å². The van der Waals surface area contributed by atoms with Crippen LogP contribution in [0.25, 0.3) is 11.4 Å². The third-order valence-corrected chi connectivity index (χ3v) is 4.15. The van der Waals surface area contributed by atoms with E-state index in [1.165, 1.54) is 0 Å². The number of nitrogens with one attached hydrogen (secondary N) is 1. The highest BCUT2D eigenvalue weighted by molar-refractivity contribution is 9.10. The van der Waals surface area contributed by atoms with Gasteiger partial charge >= 0.3 is 0 Å². The lowest BCUT2D eigenvalue weighted by atomic mass is 9.98. The van der Waals surface area contributed by atoms with Gasteiger partial charge in [-0.15, -0.1) is 0 Å². The van der Waals surface area contributed by atoms with Crippen molar-refractivity contribution in [1.29, 1.82) is 0 Å². The van der Waals surface area contributed by atoms with Gasteiger partial charge in [0.05, 0.1) is 5.92 Å². The monoisotopic (exact) mass is 351 g/mol. The molecule has 0 bridgehead atoms. The van der Waals surface area contributed by atoms with Crippen LogP contribution in [0, 0.1) is 0 Å². The molecular weight excluding hydrogens is 330 g/mol. The summed E-state index contributed by atoms with van der Waals surface area (Å²) in [5, 5.41) is 7.62. The average molecular weight is 352 g/mol. The Morgan fingerprint density at radius 1 is 1.24 bits per heavy atom. The molecule has 21 heavy (non-hydrogen) atoms. The number of hydrogen-bond donors (Lipinski definition) is 1.